The summed E-state index contributed by atoms with van der Waals surface area (Å²) in [5.74, 6) is -0.0912. The molecule has 1 N–H and O–H groups in total. The third kappa shape index (κ3) is 2.35. The highest BCUT2D eigenvalue weighted by molar-refractivity contribution is 5.91. The molecule has 0 radical (unpaired) electrons. The Bertz CT molecular complexity index is 626. The number of rotatable bonds is 2. The number of halogens is 3. The van der Waals surface area contributed by atoms with Gasteiger partial charge in [-0.25, -0.2) is 4.98 Å². The Morgan fingerprint density at radius 3 is 2.32 bits per heavy atom. The first-order valence-corrected chi connectivity index (χ1v) is 5.19. The number of alkyl halides is 3. The van der Waals surface area contributed by atoms with Crippen LogP contribution in [0, 0.1) is 0 Å². The summed E-state index contributed by atoms with van der Waals surface area (Å²) in [6, 6.07) is 3.36. The summed E-state index contributed by atoms with van der Waals surface area (Å²) in [7, 11) is 2.70. The minimum atomic E-state index is -4.64. The molecule has 1 heterocycles. The molecule has 0 aliphatic carbocycles. The van der Waals surface area contributed by atoms with Gasteiger partial charge in [-0.3, -0.25) is 0 Å². The van der Waals surface area contributed by atoms with Gasteiger partial charge in [0.15, 0.2) is 0 Å². The van der Waals surface area contributed by atoms with Crippen LogP contribution in [0.3, 0.4) is 0 Å². The van der Waals surface area contributed by atoms with Gasteiger partial charge in [0.1, 0.15) is 28.5 Å². The third-order valence-corrected chi connectivity index (χ3v) is 2.58. The Hall–Kier alpha value is -2.18. The van der Waals surface area contributed by atoms with E-state index in [1.54, 1.807) is 0 Å². The SMILES string of the molecule is COc1cc(OC)c2nc(C(F)(F)F)cc(O)c2c1. The van der Waals surface area contributed by atoms with E-state index >= 15 is 0 Å². The molecule has 4 nitrogen and oxygen atoms in total. The molecule has 1 aromatic heterocycles. The Balaban J connectivity index is 2.80. The molecule has 1 aromatic carbocycles. The van der Waals surface area contributed by atoms with E-state index in [0.717, 1.165) is 0 Å². The van der Waals surface area contributed by atoms with Gasteiger partial charge in [-0.05, 0) is 6.07 Å². The molecule has 102 valence electrons. The van der Waals surface area contributed by atoms with Gasteiger partial charge in [0.05, 0.1) is 14.2 Å². The van der Waals surface area contributed by atoms with Crippen molar-refractivity contribution in [1.82, 2.24) is 4.98 Å². The second-order valence-corrected chi connectivity index (χ2v) is 3.75. The fourth-order valence-corrected chi connectivity index (χ4v) is 1.67. The van der Waals surface area contributed by atoms with E-state index in [4.69, 9.17) is 9.47 Å². The number of methoxy groups -OCH3 is 2. The van der Waals surface area contributed by atoms with E-state index in [2.05, 4.69) is 4.98 Å². The molecule has 0 atom stereocenters. The first-order valence-electron chi connectivity index (χ1n) is 5.19. The van der Waals surface area contributed by atoms with Crippen LogP contribution in [0.25, 0.3) is 10.9 Å². The highest BCUT2D eigenvalue weighted by atomic mass is 19.4. The van der Waals surface area contributed by atoms with Gasteiger partial charge in [0, 0.05) is 17.5 Å². The van der Waals surface area contributed by atoms with Crippen LogP contribution in [0.4, 0.5) is 13.2 Å². The van der Waals surface area contributed by atoms with Crippen LogP contribution in [0.1, 0.15) is 5.69 Å². The normalized spacial score (nSPS) is 11.6. The predicted octanol–water partition coefficient (Wildman–Crippen LogP) is 2.98. The molecular weight excluding hydrogens is 263 g/mol. The van der Waals surface area contributed by atoms with Crippen molar-refractivity contribution in [3.63, 3.8) is 0 Å². The quantitative estimate of drug-likeness (QED) is 0.914. The van der Waals surface area contributed by atoms with Crippen molar-refractivity contribution in [2.45, 2.75) is 6.18 Å². The first kappa shape index (κ1) is 13.3. The van der Waals surface area contributed by atoms with Crippen LogP contribution in [-0.2, 0) is 6.18 Å². The lowest BCUT2D eigenvalue weighted by molar-refractivity contribution is -0.141. The number of pyridine rings is 1. The number of hydrogen-bond donors (Lipinski definition) is 1. The first-order chi connectivity index (χ1) is 8.86. The minimum absolute atomic E-state index is 0.0735. The van der Waals surface area contributed by atoms with E-state index in [0.29, 0.717) is 11.8 Å². The van der Waals surface area contributed by atoms with Crippen LogP contribution >= 0.6 is 0 Å². The van der Waals surface area contributed by atoms with E-state index in [1.165, 1.54) is 26.4 Å². The number of aromatic hydroxyl groups is 1. The number of aromatic nitrogens is 1. The summed E-state index contributed by atoms with van der Waals surface area (Å²) in [5.41, 5.74) is -1.25. The Kier molecular flexibility index (Phi) is 3.13. The van der Waals surface area contributed by atoms with Gasteiger partial charge in [-0.15, -0.1) is 0 Å². The van der Waals surface area contributed by atoms with E-state index in [1.807, 2.05) is 0 Å². The molecule has 0 aliphatic heterocycles. The van der Waals surface area contributed by atoms with Crippen molar-refractivity contribution in [2.24, 2.45) is 0 Å². The van der Waals surface area contributed by atoms with Gasteiger partial charge in [0.25, 0.3) is 0 Å². The average Bonchev–Trinajstić information content (AvgIpc) is 2.36. The van der Waals surface area contributed by atoms with Crippen LogP contribution < -0.4 is 9.47 Å². The minimum Gasteiger partial charge on any atom is -0.507 e. The second-order valence-electron chi connectivity index (χ2n) is 3.75. The summed E-state index contributed by atoms with van der Waals surface area (Å²) >= 11 is 0. The topological polar surface area (TPSA) is 51.6 Å². The van der Waals surface area contributed by atoms with Crippen molar-refractivity contribution in [3.05, 3.63) is 23.9 Å². The Morgan fingerprint density at radius 1 is 1.11 bits per heavy atom. The zero-order valence-electron chi connectivity index (χ0n) is 10.1. The zero-order chi connectivity index (χ0) is 14.2. The van der Waals surface area contributed by atoms with Gasteiger partial charge < -0.3 is 14.6 Å². The molecule has 0 bridgehead atoms. The van der Waals surface area contributed by atoms with E-state index in [-0.39, 0.29) is 16.7 Å². The lowest BCUT2D eigenvalue weighted by Gasteiger charge is -2.12. The molecule has 7 heteroatoms. The van der Waals surface area contributed by atoms with Gasteiger partial charge in [-0.2, -0.15) is 13.2 Å². The van der Waals surface area contributed by atoms with Gasteiger partial charge in [-0.1, -0.05) is 0 Å². The van der Waals surface area contributed by atoms with Crippen LogP contribution in [0.15, 0.2) is 18.2 Å². The summed E-state index contributed by atoms with van der Waals surface area (Å²) < 4.78 is 47.9. The van der Waals surface area contributed by atoms with Crippen molar-refractivity contribution in [2.75, 3.05) is 14.2 Å². The molecule has 0 saturated heterocycles. The fourth-order valence-electron chi connectivity index (χ4n) is 1.67. The standard InChI is InChI=1S/C12H10F3NO3/c1-18-6-3-7-8(17)5-10(12(13,14)15)16-11(7)9(4-6)19-2/h3-5H,1-2H3,(H,16,17). The largest absolute Gasteiger partial charge is 0.507 e. The number of ether oxygens (including phenoxy) is 2. The number of hydrogen-bond acceptors (Lipinski definition) is 4. The van der Waals surface area contributed by atoms with Crippen molar-refractivity contribution < 1.29 is 27.8 Å². The molecule has 0 aliphatic rings. The maximum atomic E-state index is 12.6. The highest BCUT2D eigenvalue weighted by Crippen LogP contribution is 2.38. The van der Waals surface area contributed by atoms with Crippen molar-refractivity contribution in [1.29, 1.82) is 0 Å². The fraction of sp³-hybridized carbons (Fsp3) is 0.250. The smallest absolute Gasteiger partial charge is 0.433 e. The monoisotopic (exact) mass is 273 g/mol. The molecular formula is C12H10F3NO3. The second kappa shape index (κ2) is 4.49. The highest BCUT2D eigenvalue weighted by Gasteiger charge is 2.34. The van der Waals surface area contributed by atoms with Crippen molar-refractivity contribution >= 4 is 10.9 Å². The van der Waals surface area contributed by atoms with Crippen LogP contribution in [-0.4, -0.2) is 24.3 Å². The molecule has 19 heavy (non-hydrogen) atoms. The van der Waals surface area contributed by atoms with Crippen LogP contribution in [0.2, 0.25) is 0 Å². The van der Waals surface area contributed by atoms with Crippen molar-refractivity contribution in [3.8, 4) is 17.2 Å². The Labute approximate surface area is 106 Å². The predicted molar refractivity (Wildman–Crippen MR) is 61.5 cm³/mol. The maximum Gasteiger partial charge on any atom is 0.433 e. The third-order valence-electron chi connectivity index (χ3n) is 2.58. The lowest BCUT2D eigenvalue weighted by atomic mass is 10.1. The zero-order valence-corrected chi connectivity index (χ0v) is 10.1. The molecule has 2 rings (SSSR count). The Morgan fingerprint density at radius 2 is 1.79 bits per heavy atom. The van der Waals surface area contributed by atoms with Gasteiger partial charge in [0.2, 0.25) is 0 Å². The number of nitrogens with zero attached hydrogens (tertiary/aromatic N) is 1. The van der Waals surface area contributed by atoms with Gasteiger partial charge >= 0.3 is 6.18 Å². The molecule has 0 unspecified atom stereocenters. The van der Waals surface area contributed by atoms with Crippen LogP contribution in [0.5, 0.6) is 17.2 Å². The average molecular weight is 273 g/mol. The number of fused-ring (bicyclic) bond motifs is 1. The maximum absolute atomic E-state index is 12.6. The summed E-state index contributed by atoms with van der Waals surface area (Å²) in [5, 5.41) is 9.83. The van der Waals surface area contributed by atoms with E-state index < -0.39 is 17.6 Å². The molecule has 2 aromatic rings. The summed E-state index contributed by atoms with van der Waals surface area (Å²) in [4.78, 5) is 3.49. The molecule has 0 spiro atoms. The molecule has 0 saturated carbocycles. The summed E-state index contributed by atoms with van der Waals surface area (Å²) in [6.45, 7) is 0. The summed E-state index contributed by atoms with van der Waals surface area (Å²) in [6.07, 6.45) is -4.64. The lowest BCUT2D eigenvalue weighted by Crippen LogP contribution is -2.08. The molecule has 0 fully saturated rings. The number of benzene rings is 1. The van der Waals surface area contributed by atoms with E-state index in [9.17, 15) is 18.3 Å². The molecule has 0 amide bonds.